The molecule has 0 radical (unpaired) electrons. The molecule has 10 heteroatoms. The Labute approximate surface area is 164 Å². The lowest BCUT2D eigenvalue weighted by Gasteiger charge is -2.28. The largest absolute Gasteiger partial charge is 0.378 e. The van der Waals surface area contributed by atoms with Gasteiger partial charge in [0.15, 0.2) is 0 Å². The summed E-state index contributed by atoms with van der Waals surface area (Å²) in [7, 11) is -3.63. The fourth-order valence-corrected chi connectivity index (χ4v) is 4.02. The van der Waals surface area contributed by atoms with Crippen LogP contribution in [0.2, 0.25) is 0 Å². The van der Waals surface area contributed by atoms with E-state index in [0.717, 1.165) is 18.9 Å². The van der Waals surface area contributed by atoms with E-state index < -0.39 is 21.6 Å². The zero-order chi connectivity index (χ0) is 20.0. The molecule has 1 aromatic carbocycles. The van der Waals surface area contributed by atoms with Crippen molar-refractivity contribution in [1.29, 1.82) is 0 Å². The molecule has 1 saturated heterocycles. The first-order valence-electron chi connectivity index (χ1n) is 9.06. The van der Waals surface area contributed by atoms with Crippen LogP contribution in [0.15, 0.2) is 30.3 Å². The predicted octanol–water partition coefficient (Wildman–Crippen LogP) is 1.29. The summed E-state index contributed by atoms with van der Waals surface area (Å²) < 4.78 is 45.7. The Morgan fingerprint density at radius 2 is 1.93 bits per heavy atom. The maximum Gasteiger partial charge on any atom is 0.215 e. The van der Waals surface area contributed by atoms with E-state index in [0.29, 0.717) is 31.4 Å². The van der Waals surface area contributed by atoms with Gasteiger partial charge >= 0.3 is 0 Å². The van der Waals surface area contributed by atoms with Gasteiger partial charge in [0.25, 0.3) is 0 Å². The van der Waals surface area contributed by atoms with Gasteiger partial charge < -0.3 is 15.0 Å². The smallest absolute Gasteiger partial charge is 0.215 e. The van der Waals surface area contributed by atoms with Crippen molar-refractivity contribution in [2.75, 3.05) is 49.6 Å². The molecule has 2 aromatic rings. The van der Waals surface area contributed by atoms with E-state index in [1.54, 1.807) is 6.07 Å². The SMILES string of the molecule is Cc1nc(NCCNS(=O)(=O)Cc2ccccc2F)cc(N2CCOCC2)n1. The van der Waals surface area contributed by atoms with Crippen LogP contribution >= 0.6 is 0 Å². The Bertz CT molecular complexity index is 904. The minimum Gasteiger partial charge on any atom is -0.378 e. The number of ether oxygens (including phenoxy) is 1. The average Bonchev–Trinajstić information content (AvgIpc) is 2.67. The third kappa shape index (κ3) is 5.85. The van der Waals surface area contributed by atoms with Crippen LogP contribution < -0.4 is 14.9 Å². The topological polar surface area (TPSA) is 96.5 Å². The van der Waals surface area contributed by atoms with Gasteiger partial charge in [0, 0.05) is 37.8 Å². The summed E-state index contributed by atoms with van der Waals surface area (Å²) in [5.74, 6) is 1.15. The highest BCUT2D eigenvalue weighted by molar-refractivity contribution is 7.88. The van der Waals surface area contributed by atoms with Crippen molar-refractivity contribution >= 4 is 21.7 Å². The number of aryl methyl sites for hydroxylation is 1. The molecule has 8 nitrogen and oxygen atoms in total. The van der Waals surface area contributed by atoms with Crippen LogP contribution in [0.4, 0.5) is 16.0 Å². The molecule has 152 valence electrons. The molecule has 0 atom stereocenters. The van der Waals surface area contributed by atoms with E-state index in [2.05, 4.69) is 24.9 Å². The van der Waals surface area contributed by atoms with E-state index in [9.17, 15) is 12.8 Å². The molecule has 0 unspecified atom stereocenters. The molecule has 3 rings (SSSR count). The van der Waals surface area contributed by atoms with Gasteiger partial charge in [-0.3, -0.25) is 0 Å². The molecule has 1 fully saturated rings. The van der Waals surface area contributed by atoms with Gasteiger partial charge in [-0.15, -0.1) is 0 Å². The number of rotatable bonds is 8. The van der Waals surface area contributed by atoms with Gasteiger partial charge in [0.05, 0.1) is 19.0 Å². The number of sulfonamides is 1. The predicted molar refractivity (Wildman–Crippen MR) is 105 cm³/mol. The molecule has 1 aliphatic heterocycles. The minimum absolute atomic E-state index is 0.143. The third-order valence-electron chi connectivity index (χ3n) is 4.22. The van der Waals surface area contributed by atoms with Gasteiger partial charge in [-0.1, -0.05) is 18.2 Å². The molecule has 0 bridgehead atoms. The fourth-order valence-electron chi connectivity index (χ4n) is 2.87. The normalized spacial score (nSPS) is 14.9. The quantitative estimate of drug-likeness (QED) is 0.634. The van der Waals surface area contributed by atoms with Crippen LogP contribution in [0.25, 0.3) is 0 Å². The van der Waals surface area contributed by atoms with Crippen molar-refractivity contribution in [2.45, 2.75) is 12.7 Å². The van der Waals surface area contributed by atoms with Crippen LogP contribution in [0.5, 0.6) is 0 Å². The Hall–Kier alpha value is -2.30. The van der Waals surface area contributed by atoms with Gasteiger partial charge in [-0.05, 0) is 13.0 Å². The van der Waals surface area contributed by atoms with Gasteiger partial charge in [-0.2, -0.15) is 0 Å². The zero-order valence-electron chi connectivity index (χ0n) is 15.7. The summed E-state index contributed by atoms with van der Waals surface area (Å²) >= 11 is 0. The van der Waals surface area contributed by atoms with Crippen LogP contribution in [-0.2, 0) is 20.5 Å². The molecule has 0 spiro atoms. The summed E-state index contributed by atoms with van der Waals surface area (Å²) in [5, 5.41) is 3.10. The van der Waals surface area contributed by atoms with Gasteiger partial charge in [0.1, 0.15) is 23.3 Å². The number of morpholine rings is 1. The van der Waals surface area contributed by atoms with Crippen molar-refractivity contribution < 1.29 is 17.5 Å². The Balaban J connectivity index is 1.52. The molecule has 2 heterocycles. The monoisotopic (exact) mass is 409 g/mol. The number of anilines is 2. The second-order valence-electron chi connectivity index (χ2n) is 6.43. The number of nitrogens with one attached hydrogen (secondary N) is 2. The van der Waals surface area contributed by atoms with E-state index in [1.165, 1.54) is 18.2 Å². The van der Waals surface area contributed by atoms with E-state index in [1.807, 2.05) is 13.0 Å². The number of halogens is 1. The Morgan fingerprint density at radius 1 is 1.18 bits per heavy atom. The maximum atomic E-state index is 13.6. The maximum absolute atomic E-state index is 13.6. The molecule has 0 saturated carbocycles. The summed E-state index contributed by atoms with van der Waals surface area (Å²) in [6, 6.07) is 7.68. The molecule has 28 heavy (non-hydrogen) atoms. The van der Waals surface area contributed by atoms with E-state index >= 15 is 0 Å². The molecule has 2 N–H and O–H groups in total. The van der Waals surface area contributed by atoms with E-state index in [4.69, 9.17) is 4.74 Å². The lowest BCUT2D eigenvalue weighted by molar-refractivity contribution is 0.122. The Morgan fingerprint density at radius 3 is 2.68 bits per heavy atom. The number of hydrogen-bond acceptors (Lipinski definition) is 7. The number of nitrogens with zero attached hydrogens (tertiary/aromatic N) is 3. The molecule has 1 aromatic heterocycles. The second-order valence-corrected chi connectivity index (χ2v) is 8.24. The van der Waals surface area contributed by atoms with Crippen molar-refractivity contribution in [3.05, 3.63) is 47.5 Å². The fraction of sp³-hybridized carbons (Fsp3) is 0.444. The average molecular weight is 409 g/mol. The van der Waals surface area contributed by atoms with Crippen molar-refractivity contribution in [3.8, 4) is 0 Å². The van der Waals surface area contributed by atoms with E-state index in [-0.39, 0.29) is 12.1 Å². The van der Waals surface area contributed by atoms with Crippen molar-refractivity contribution in [1.82, 2.24) is 14.7 Å². The first kappa shape index (κ1) is 20.4. The number of benzene rings is 1. The van der Waals surface area contributed by atoms with Crippen LogP contribution in [0.3, 0.4) is 0 Å². The molecular formula is C18H24FN5O3S. The first-order chi connectivity index (χ1) is 13.4. The summed E-state index contributed by atoms with van der Waals surface area (Å²) in [6.07, 6.45) is 0. The highest BCUT2D eigenvalue weighted by Gasteiger charge is 2.15. The van der Waals surface area contributed by atoms with Gasteiger partial charge in [-0.25, -0.2) is 27.5 Å². The highest BCUT2D eigenvalue weighted by atomic mass is 32.2. The number of aromatic nitrogens is 2. The highest BCUT2D eigenvalue weighted by Crippen LogP contribution is 2.17. The lowest BCUT2D eigenvalue weighted by Crippen LogP contribution is -2.37. The molecule has 0 amide bonds. The summed E-state index contributed by atoms with van der Waals surface area (Å²) in [6.45, 7) is 5.18. The zero-order valence-corrected chi connectivity index (χ0v) is 16.5. The first-order valence-corrected chi connectivity index (χ1v) is 10.7. The minimum atomic E-state index is -3.63. The third-order valence-corrected chi connectivity index (χ3v) is 5.55. The van der Waals surface area contributed by atoms with Crippen molar-refractivity contribution in [3.63, 3.8) is 0 Å². The Kier molecular flexibility index (Phi) is 6.76. The van der Waals surface area contributed by atoms with Crippen LogP contribution in [0.1, 0.15) is 11.4 Å². The van der Waals surface area contributed by atoms with Crippen LogP contribution in [0, 0.1) is 12.7 Å². The number of hydrogen-bond donors (Lipinski definition) is 2. The summed E-state index contributed by atoms with van der Waals surface area (Å²) in [4.78, 5) is 10.9. The van der Waals surface area contributed by atoms with Crippen molar-refractivity contribution in [2.24, 2.45) is 0 Å². The van der Waals surface area contributed by atoms with Crippen LogP contribution in [-0.4, -0.2) is 57.8 Å². The lowest BCUT2D eigenvalue weighted by atomic mass is 10.2. The standard InChI is InChI=1S/C18H24FN5O3S/c1-14-22-17(12-18(23-14)24-8-10-27-11-9-24)20-6-7-21-28(25,26)13-15-4-2-3-5-16(15)19/h2-5,12,21H,6-11,13H2,1H3,(H,20,22,23). The molecule has 1 aliphatic rings. The molecular weight excluding hydrogens is 385 g/mol. The summed E-state index contributed by atoms with van der Waals surface area (Å²) in [5.41, 5.74) is 0.143. The second kappa shape index (κ2) is 9.26. The molecule has 0 aliphatic carbocycles. The van der Waals surface area contributed by atoms with Gasteiger partial charge in [0.2, 0.25) is 10.0 Å².